The van der Waals surface area contributed by atoms with Crippen molar-refractivity contribution in [2.45, 2.75) is 18.5 Å². The number of halogens is 3. The lowest BCUT2D eigenvalue weighted by molar-refractivity contribution is -0.143. The Kier molecular flexibility index (Phi) is 3.80. The molecule has 0 saturated heterocycles. The molecule has 5 heteroatoms. The summed E-state index contributed by atoms with van der Waals surface area (Å²) in [5.74, 6) is 0.317. The van der Waals surface area contributed by atoms with E-state index in [2.05, 4.69) is 5.32 Å². The topological polar surface area (TPSA) is 15.3 Å². The van der Waals surface area contributed by atoms with Crippen LogP contribution in [-0.4, -0.2) is 37.8 Å². The largest absolute Gasteiger partial charge is 0.401 e. The van der Waals surface area contributed by atoms with Crippen LogP contribution in [0.1, 0.15) is 17.9 Å². The maximum absolute atomic E-state index is 12.2. The Bertz CT molecular complexity index is 403. The summed E-state index contributed by atoms with van der Waals surface area (Å²) in [6.45, 7) is 0.439. The fourth-order valence-electron chi connectivity index (χ4n) is 2.38. The van der Waals surface area contributed by atoms with Gasteiger partial charge in [-0.1, -0.05) is 18.2 Å². The number of nitrogens with zero attached hydrogens (tertiary/aromatic N) is 1. The second kappa shape index (κ2) is 5.18. The minimum Gasteiger partial charge on any atom is -0.384 e. The predicted octanol–water partition coefficient (Wildman–Crippen LogP) is 3.08. The van der Waals surface area contributed by atoms with Crippen molar-refractivity contribution in [1.29, 1.82) is 0 Å². The molecule has 18 heavy (non-hydrogen) atoms. The molecule has 1 heterocycles. The zero-order valence-electron chi connectivity index (χ0n) is 10.3. The van der Waals surface area contributed by atoms with Crippen molar-refractivity contribution in [2.75, 3.05) is 32.0 Å². The third-order valence-corrected chi connectivity index (χ3v) is 3.25. The Labute approximate surface area is 105 Å². The first-order chi connectivity index (χ1) is 8.46. The Morgan fingerprint density at radius 1 is 1.33 bits per heavy atom. The van der Waals surface area contributed by atoms with Gasteiger partial charge in [0.2, 0.25) is 0 Å². The van der Waals surface area contributed by atoms with Crippen LogP contribution in [0, 0.1) is 0 Å². The average molecular weight is 258 g/mol. The van der Waals surface area contributed by atoms with Gasteiger partial charge in [-0.3, -0.25) is 4.90 Å². The van der Waals surface area contributed by atoms with E-state index in [-0.39, 0.29) is 0 Å². The number of benzene rings is 1. The van der Waals surface area contributed by atoms with Crippen molar-refractivity contribution in [2.24, 2.45) is 0 Å². The summed E-state index contributed by atoms with van der Waals surface area (Å²) in [6.07, 6.45) is -3.36. The first-order valence-electron chi connectivity index (χ1n) is 6.04. The molecule has 0 aliphatic carbocycles. The highest BCUT2D eigenvalue weighted by Gasteiger charge is 2.29. The molecule has 1 aliphatic rings. The third-order valence-electron chi connectivity index (χ3n) is 3.25. The van der Waals surface area contributed by atoms with Crippen LogP contribution in [-0.2, 0) is 0 Å². The van der Waals surface area contributed by atoms with E-state index in [0.29, 0.717) is 12.5 Å². The summed E-state index contributed by atoms with van der Waals surface area (Å²) < 4.78 is 36.6. The SMILES string of the molecule is CN(CCC1CNc2ccccc21)CC(F)(F)F. The molecule has 1 aromatic carbocycles. The monoisotopic (exact) mass is 258 g/mol. The van der Waals surface area contributed by atoms with E-state index < -0.39 is 12.7 Å². The van der Waals surface area contributed by atoms with E-state index in [1.54, 1.807) is 0 Å². The summed E-state index contributed by atoms with van der Waals surface area (Å²) in [6, 6.07) is 7.99. The molecule has 0 bridgehead atoms. The highest BCUT2D eigenvalue weighted by Crippen LogP contribution is 2.33. The number of fused-ring (bicyclic) bond motifs is 1. The van der Waals surface area contributed by atoms with Gasteiger partial charge in [0.15, 0.2) is 0 Å². The fourth-order valence-corrected chi connectivity index (χ4v) is 2.38. The molecule has 1 aromatic rings. The minimum absolute atomic E-state index is 0.317. The molecule has 0 amide bonds. The molecular weight excluding hydrogens is 241 g/mol. The van der Waals surface area contributed by atoms with Crippen LogP contribution in [0.5, 0.6) is 0 Å². The predicted molar refractivity (Wildman–Crippen MR) is 65.8 cm³/mol. The van der Waals surface area contributed by atoms with Crippen LogP contribution < -0.4 is 5.32 Å². The molecule has 0 saturated carbocycles. The summed E-state index contributed by atoms with van der Waals surface area (Å²) in [5, 5.41) is 3.28. The first-order valence-corrected chi connectivity index (χ1v) is 6.04. The summed E-state index contributed by atoms with van der Waals surface area (Å²) in [5.41, 5.74) is 2.33. The average Bonchev–Trinajstić information content (AvgIpc) is 2.67. The van der Waals surface area contributed by atoms with Gasteiger partial charge >= 0.3 is 6.18 Å². The minimum atomic E-state index is -4.11. The molecular formula is C13H17F3N2. The number of nitrogens with one attached hydrogen (secondary N) is 1. The van der Waals surface area contributed by atoms with Crippen molar-refractivity contribution >= 4 is 5.69 Å². The van der Waals surface area contributed by atoms with E-state index in [1.807, 2.05) is 24.3 Å². The van der Waals surface area contributed by atoms with E-state index in [4.69, 9.17) is 0 Å². The summed E-state index contributed by atoms with van der Waals surface area (Å²) in [4.78, 5) is 1.33. The van der Waals surface area contributed by atoms with Gasteiger partial charge in [0.05, 0.1) is 6.54 Å². The summed E-state index contributed by atoms with van der Waals surface area (Å²) >= 11 is 0. The van der Waals surface area contributed by atoms with Gasteiger partial charge in [-0.15, -0.1) is 0 Å². The van der Waals surface area contributed by atoms with Gasteiger partial charge in [0.1, 0.15) is 0 Å². The lowest BCUT2D eigenvalue weighted by Gasteiger charge is -2.20. The van der Waals surface area contributed by atoms with Gasteiger partial charge in [-0.05, 0) is 31.6 Å². The van der Waals surface area contributed by atoms with Crippen molar-refractivity contribution < 1.29 is 13.2 Å². The lowest BCUT2D eigenvalue weighted by Crippen LogP contribution is -2.32. The third kappa shape index (κ3) is 3.38. The Balaban J connectivity index is 1.85. The Hall–Kier alpha value is -1.23. The van der Waals surface area contributed by atoms with E-state index in [1.165, 1.54) is 17.5 Å². The smallest absolute Gasteiger partial charge is 0.384 e. The van der Waals surface area contributed by atoms with Crippen LogP contribution in [0.4, 0.5) is 18.9 Å². The second-order valence-corrected chi connectivity index (χ2v) is 4.81. The quantitative estimate of drug-likeness (QED) is 0.892. The standard InChI is InChI=1S/C13H17F3N2/c1-18(9-13(14,15)16)7-6-10-8-17-12-5-3-2-4-11(10)12/h2-5,10,17H,6-9H2,1H3. The molecule has 100 valence electrons. The molecule has 1 N–H and O–H groups in total. The van der Waals surface area contributed by atoms with Gasteiger partial charge < -0.3 is 5.32 Å². The molecule has 2 nitrogen and oxygen atoms in total. The molecule has 1 aliphatic heterocycles. The zero-order chi connectivity index (χ0) is 13.2. The van der Waals surface area contributed by atoms with E-state index in [0.717, 1.165) is 18.7 Å². The van der Waals surface area contributed by atoms with E-state index >= 15 is 0 Å². The van der Waals surface area contributed by atoms with Crippen LogP contribution in [0.15, 0.2) is 24.3 Å². The van der Waals surface area contributed by atoms with Gasteiger partial charge in [0.25, 0.3) is 0 Å². The number of alkyl halides is 3. The highest BCUT2D eigenvalue weighted by molar-refractivity contribution is 5.57. The number of anilines is 1. The highest BCUT2D eigenvalue weighted by atomic mass is 19.4. The van der Waals surface area contributed by atoms with Crippen LogP contribution in [0.25, 0.3) is 0 Å². The van der Waals surface area contributed by atoms with Crippen LogP contribution >= 0.6 is 0 Å². The molecule has 1 unspecified atom stereocenters. The molecule has 0 aromatic heterocycles. The molecule has 0 spiro atoms. The Morgan fingerprint density at radius 3 is 2.78 bits per heavy atom. The lowest BCUT2D eigenvalue weighted by atomic mass is 9.98. The number of hydrogen-bond acceptors (Lipinski definition) is 2. The first kappa shape index (κ1) is 13.2. The number of hydrogen-bond donors (Lipinski definition) is 1. The van der Waals surface area contributed by atoms with Crippen molar-refractivity contribution in [1.82, 2.24) is 4.90 Å². The van der Waals surface area contributed by atoms with Crippen LogP contribution in [0.3, 0.4) is 0 Å². The number of rotatable bonds is 4. The van der Waals surface area contributed by atoms with E-state index in [9.17, 15) is 13.2 Å². The van der Waals surface area contributed by atoms with Crippen LogP contribution in [0.2, 0.25) is 0 Å². The van der Waals surface area contributed by atoms with Gasteiger partial charge in [-0.2, -0.15) is 13.2 Å². The maximum atomic E-state index is 12.2. The fraction of sp³-hybridized carbons (Fsp3) is 0.538. The second-order valence-electron chi connectivity index (χ2n) is 4.81. The zero-order valence-corrected chi connectivity index (χ0v) is 10.3. The summed E-state index contributed by atoms with van der Waals surface area (Å²) in [7, 11) is 1.52. The van der Waals surface area contributed by atoms with Crippen molar-refractivity contribution in [3.8, 4) is 0 Å². The molecule has 0 fully saturated rings. The Morgan fingerprint density at radius 2 is 2.06 bits per heavy atom. The normalized spacial score (nSPS) is 18.8. The van der Waals surface area contributed by atoms with Crippen molar-refractivity contribution in [3.63, 3.8) is 0 Å². The van der Waals surface area contributed by atoms with Gasteiger partial charge in [-0.25, -0.2) is 0 Å². The van der Waals surface area contributed by atoms with Crippen molar-refractivity contribution in [3.05, 3.63) is 29.8 Å². The molecule has 0 radical (unpaired) electrons. The molecule has 1 atom stereocenters. The molecule has 2 rings (SSSR count). The maximum Gasteiger partial charge on any atom is 0.401 e. The van der Waals surface area contributed by atoms with Gasteiger partial charge in [0, 0.05) is 18.2 Å². The number of para-hydroxylation sites is 1.